The minimum absolute atomic E-state index is 0.0107. The first kappa shape index (κ1) is 24.9. The van der Waals surface area contributed by atoms with Crippen LogP contribution in [0.3, 0.4) is 0 Å². The van der Waals surface area contributed by atoms with Gasteiger partial charge in [-0.25, -0.2) is 9.99 Å². The van der Waals surface area contributed by atoms with Crippen LogP contribution < -0.4 is 5.43 Å². The van der Waals surface area contributed by atoms with Crippen molar-refractivity contribution in [2.24, 2.45) is 0 Å². The summed E-state index contributed by atoms with van der Waals surface area (Å²) >= 11 is 0. The van der Waals surface area contributed by atoms with Crippen molar-refractivity contribution in [3.8, 4) is 11.3 Å². The normalized spacial score (nSPS) is 18.4. The molecule has 1 aromatic heterocycles. The standard InChI is InChI=1S/C30H39N5O/c1-23(2)34-20-18-33(19-21-34)22-26-28(30(36)32-35-16-10-3-4-11-17-35)25-14-8-9-15-27(25)31-29(26)24-12-6-5-7-13-24/h5-9,12-15,23H,3-4,10-11,16-22H2,1-2H3,(H,32,36). The lowest BCUT2D eigenvalue weighted by molar-refractivity contribution is 0.0790. The molecular weight excluding hydrogens is 446 g/mol. The maximum Gasteiger partial charge on any atom is 0.266 e. The second kappa shape index (κ2) is 11.5. The summed E-state index contributed by atoms with van der Waals surface area (Å²) in [6, 6.07) is 19.0. The molecule has 0 saturated carbocycles. The SMILES string of the molecule is CC(C)N1CCN(Cc2c(-c3ccccc3)nc3ccccc3c2C(=O)NN2CCCCCC2)CC1. The van der Waals surface area contributed by atoms with Gasteiger partial charge in [0.2, 0.25) is 0 Å². The van der Waals surface area contributed by atoms with Crippen molar-refractivity contribution in [3.63, 3.8) is 0 Å². The Morgan fingerprint density at radius 2 is 1.53 bits per heavy atom. The quantitative estimate of drug-likeness (QED) is 0.536. The number of amides is 1. The van der Waals surface area contributed by atoms with Crippen LogP contribution >= 0.6 is 0 Å². The topological polar surface area (TPSA) is 51.7 Å². The van der Waals surface area contributed by atoms with Crippen LogP contribution in [-0.4, -0.2) is 71.0 Å². The number of aromatic nitrogens is 1. The van der Waals surface area contributed by atoms with E-state index in [0.29, 0.717) is 6.04 Å². The second-order valence-corrected chi connectivity index (χ2v) is 10.4. The van der Waals surface area contributed by atoms with Crippen LogP contribution in [0, 0.1) is 0 Å². The zero-order chi connectivity index (χ0) is 24.9. The largest absolute Gasteiger partial charge is 0.298 e. The molecule has 2 saturated heterocycles. The fourth-order valence-electron chi connectivity index (χ4n) is 5.54. The van der Waals surface area contributed by atoms with E-state index in [1.807, 2.05) is 36.4 Å². The van der Waals surface area contributed by atoms with Crippen LogP contribution in [0.5, 0.6) is 0 Å². The first-order valence-electron chi connectivity index (χ1n) is 13.6. The van der Waals surface area contributed by atoms with Gasteiger partial charge in [0, 0.05) is 68.4 Å². The second-order valence-electron chi connectivity index (χ2n) is 10.4. The van der Waals surface area contributed by atoms with Crippen molar-refractivity contribution >= 4 is 16.8 Å². The highest BCUT2D eigenvalue weighted by atomic mass is 16.2. The maximum atomic E-state index is 14.0. The molecule has 5 rings (SSSR count). The number of rotatable bonds is 6. The van der Waals surface area contributed by atoms with E-state index in [-0.39, 0.29) is 5.91 Å². The van der Waals surface area contributed by atoms with E-state index in [9.17, 15) is 4.79 Å². The summed E-state index contributed by atoms with van der Waals surface area (Å²) in [4.78, 5) is 24.2. The summed E-state index contributed by atoms with van der Waals surface area (Å²) in [6.45, 7) is 11.2. The molecule has 2 aliphatic rings. The number of benzene rings is 2. The summed E-state index contributed by atoms with van der Waals surface area (Å²) in [6.07, 6.45) is 4.71. The minimum atomic E-state index is -0.0107. The van der Waals surface area contributed by atoms with Gasteiger partial charge < -0.3 is 0 Å². The number of piperazine rings is 1. The Morgan fingerprint density at radius 3 is 2.22 bits per heavy atom. The average Bonchev–Trinajstić information content (AvgIpc) is 3.17. The number of carbonyl (C=O) groups excluding carboxylic acids is 1. The van der Waals surface area contributed by atoms with Crippen molar-refractivity contribution in [1.29, 1.82) is 0 Å². The highest BCUT2D eigenvalue weighted by molar-refractivity contribution is 6.08. The number of carbonyl (C=O) groups is 1. The third-order valence-corrected chi connectivity index (χ3v) is 7.65. The Morgan fingerprint density at radius 1 is 0.861 bits per heavy atom. The summed E-state index contributed by atoms with van der Waals surface area (Å²) < 4.78 is 0. The van der Waals surface area contributed by atoms with Gasteiger partial charge in [-0.3, -0.25) is 20.0 Å². The Balaban J connectivity index is 1.56. The van der Waals surface area contributed by atoms with Crippen molar-refractivity contribution in [3.05, 3.63) is 65.7 Å². The van der Waals surface area contributed by atoms with E-state index in [0.717, 1.165) is 91.9 Å². The van der Waals surface area contributed by atoms with Crippen LogP contribution in [0.2, 0.25) is 0 Å². The third-order valence-electron chi connectivity index (χ3n) is 7.65. The highest BCUT2D eigenvalue weighted by Crippen LogP contribution is 2.32. The first-order chi connectivity index (χ1) is 17.6. The molecule has 36 heavy (non-hydrogen) atoms. The zero-order valence-electron chi connectivity index (χ0n) is 21.7. The molecule has 1 N–H and O–H groups in total. The van der Waals surface area contributed by atoms with E-state index in [4.69, 9.17) is 4.98 Å². The van der Waals surface area contributed by atoms with Crippen LogP contribution in [0.25, 0.3) is 22.2 Å². The minimum Gasteiger partial charge on any atom is -0.298 e. The Hall–Kier alpha value is -2.80. The van der Waals surface area contributed by atoms with E-state index in [1.54, 1.807) is 0 Å². The smallest absolute Gasteiger partial charge is 0.266 e. The fraction of sp³-hybridized carbons (Fsp3) is 0.467. The lowest BCUT2D eigenvalue weighted by atomic mass is 9.95. The van der Waals surface area contributed by atoms with Crippen LogP contribution in [0.1, 0.15) is 55.5 Å². The van der Waals surface area contributed by atoms with E-state index < -0.39 is 0 Å². The van der Waals surface area contributed by atoms with Crippen molar-refractivity contribution < 1.29 is 4.79 Å². The summed E-state index contributed by atoms with van der Waals surface area (Å²) in [5, 5.41) is 3.05. The van der Waals surface area contributed by atoms with Crippen molar-refractivity contribution in [2.75, 3.05) is 39.3 Å². The molecule has 0 atom stereocenters. The molecule has 2 aliphatic heterocycles. The number of fused-ring (bicyclic) bond motifs is 1. The molecule has 0 aliphatic carbocycles. The van der Waals surface area contributed by atoms with Crippen LogP contribution in [-0.2, 0) is 6.54 Å². The maximum absolute atomic E-state index is 14.0. The number of pyridine rings is 1. The molecule has 3 aromatic rings. The first-order valence-corrected chi connectivity index (χ1v) is 13.6. The monoisotopic (exact) mass is 485 g/mol. The zero-order valence-corrected chi connectivity index (χ0v) is 21.7. The molecule has 2 fully saturated rings. The Kier molecular flexibility index (Phi) is 7.95. The van der Waals surface area contributed by atoms with Gasteiger partial charge in [0.05, 0.1) is 16.8 Å². The Bertz CT molecular complexity index is 1160. The predicted molar refractivity (Wildman–Crippen MR) is 147 cm³/mol. The van der Waals surface area contributed by atoms with Gasteiger partial charge in [-0.2, -0.15) is 0 Å². The number of nitrogens with one attached hydrogen (secondary N) is 1. The molecule has 6 nitrogen and oxygen atoms in total. The number of hydrazine groups is 1. The Labute approximate surface area is 215 Å². The average molecular weight is 486 g/mol. The number of nitrogens with zero attached hydrogens (tertiary/aromatic N) is 4. The predicted octanol–water partition coefficient (Wildman–Crippen LogP) is 4.95. The van der Waals surface area contributed by atoms with E-state index in [2.05, 4.69) is 52.3 Å². The summed E-state index contributed by atoms with van der Waals surface area (Å²) in [7, 11) is 0. The molecule has 0 spiro atoms. The van der Waals surface area contributed by atoms with Gasteiger partial charge in [-0.15, -0.1) is 0 Å². The lowest BCUT2D eigenvalue weighted by Crippen LogP contribution is -2.48. The highest BCUT2D eigenvalue weighted by Gasteiger charge is 2.26. The number of para-hydroxylation sites is 1. The van der Waals surface area contributed by atoms with Gasteiger partial charge >= 0.3 is 0 Å². The molecule has 0 radical (unpaired) electrons. The molecule has 6 heteroatoms. The van der Waals surface area contributed by atoms with Gasteiger partial charge in [-0.05, 0) is 32.8 Å². The molecular formula is C30H39N5O. The molecule has 0 unspecified atom stereocenters. The molecule has 1 amide bonds. The van der Waals surface area contributed by atoms with Gasteiger partial charge in [0.25, 0.3) is 5.91 Å². The number of hydrogen-bond donors (Lipinski definition) is 1. The fourth-order valence-corrected chi connectivity index (χ4v) is 5.54. The summed E-state index contributed by atoms with van der Waals surface area (Å²) in [5.41, 5.74) is 7.93. The van der Waals surface area contributed by atoms with Crippen LogP contribution in [0.4, 0.5) is 0 Å². The van der Waals surface area contributed by atoms with Crippen molar-refractivity contribution in [1.82, 2.24) is 25.2 Å². The van der Waals surface area contributed by atoms with Gasteiger partial charge in [0.15, 0.2) is 0 Å². The van der Waals surface area contributed by atoms with Crippen molar-refractivity contribution in [2.45, 2.75) is 52.1 Å². The third kappa shape index (κ3) is 5.61. The van der Waals surface area contributed by atoms with Gasteiger partial charge in [0.1, 0.15) is 0 Å². The van der Waals surface area contributed by atoms with Crippen LogP contribution in [0.15, 0.2) is 54.6 Å². The van der Waals surface area contributed by atoms with E-state index >= 15 is 0 Å². The molecule has 3 heterocycles. The molecule has 190 valence electrons. The summed E-state index contributed by atoms with van der Waals surface area (Å²) in [5.74, 6) is -0.0107. The lowest BCUT2D eigenvalue weighted by Gasteiger charge is -2.37. The molecule has 0 bridgehead atoms. The molecule has 2 aromatic carbocycles. The number of hydrogen-bond acceptors (Lipinski definition) is 5. The van der Waals surface area contributed by atoms with Gasteiger partial charge in [-0.1, -0.05) is 61.4 Å². The van der Waals surface area contributed by atoms with E-state index in [1.165, 1.54) is 12.8 Å².